The Bertz CT molecular complexity index is 6680. The Balaban J connectivity index is 0.819. The highest BCUT2D eigenvalue weighted by Crippen LogP contribution is 2.66. The van der Waals surface area contributed by atoms with Crippen LogP contribution in [0.5, 0.6) is 0 Å². The van der Waals surface area contributed by atoms with Gasteiger partial charge in [0.2, 0.25) is 11.6 Å². The first-order chi connectivity index (χ1) is 55.1. The zero-order valence-electron chi connectivity index (χ0n) is 60.0. The van der Waals surface area contributed by atoms with Gasteiger partial charge in [-0.2, -0.15) is 0 Å². The third-order valence-corrected chi connectivity index (χ3v) is 23.9. The summed E-state index contributed by atoms with van der Waals surface area (Å²) in [5.74, 6) is -22.9. The van der Waals surface area contributed by atoms with E-state index in [2.05, 4.69) is 83.6 Å². The highest BCUT2D eigenvalue weighted by atomic mass is 19.2. The fourth-order valence-corrected chi connectivity index (χ4v) is 19.1. The molecular weight excluding hydrogens is 1430 g/mol. The number of hydrogen-bond acceptors (Lipinski definition) is 2. The molecule has 16 aromatic rings. The first-order valence-corrected chi connectivity index (χ1v) is 37.1. The van der Waals surface area contributed by atoms with E-state index in [1.54, 1.807) is 84.9 Å². The zero-order valence-corrected chi connectivity index (χ0v) is 60.0. The van der Waals surface area contributed by atoms with Crippen molar-refractivity contribution in [3.05, 3.63) is 453 Å². The fraction of sp³-hybridized carbons (Fsp3) is 0.0495. The van der Waals surface area contributed by atoms with Crippen molar-refractivity contribution in [2.45, 2.75) is 29.1 Å². The van der Waals surface area contributed by atoms with E-state index in [1.165, 1.54) is 0 Å². The van der Waals surface area contributed by atoms with E-state index in [0.717, 1.165) is 82.9 Å². The molecular formula is C101H60F10N2. The second kappa shape index (κ2) is 26.0. The minimum atomic E-state index is -2.26. The van der Waals surface area contributed by atoms with Crippen molar-refractivity contribution in [1.29, 1.82) is 0 Å². The summed E-state index contributed by atoms with van der Waals surface area (Å²) in [5, 5.41) is 3.56. The smallest absolute Gasteiger partial charge is 0.200 e. The molecule has 0 aliphatic heterocycles. The summed E-state index contributed by atoms with van der Waals surface area (Å²) in [7, 11) is 0. The van der Waals surface area contributed by atoms with Crippen molar-refractivity contribution in [2.24, 2.45) is 0 Å². The Hall–Kier alpha value is -13.6. The van der Waals surface area contributed by atoms with Crippen LogP contribution in [0.2, 0.25) is 0 Å². The minimum Gasteiger partial charge on any atom is -0.310 e. The van der Waals surface area contributed by atoms with Gasteiger partial charge in [0.05, 0.1) is 22.2 Å². The van der Waals surface area contributed by atoms with Crippen LogP contribution in [0.1, 0.15) is 89.7 Å². The molecule has 4 aliphatic rings. The van der Waals surface area contributed by atoms with Gasteiger partial charge in [0.1, 0.15) is 0 Å². The van der Waals surface area contributed by atoms with Crippen molar-refractivity contribution in [3.63, 3.8) is 0 Å². The van der Waals surface area contributed by atoms with E-state index in [9.17, 15) is 0 Å². The van der Waals surface area contributed by atoms with Crippen LogP contribution in [0.3, 0.4) is 0 Å². The van der Waals surface area contributed by atoms with Crippen molar-refractivity contribution >= 4 is 67.8 Å². The SMILES string of the molecule is C=Cc1ccc(CC2(c3c(F)c(F)c(F)c(F)c3F)c3ccccc3-c3ccc(N(c4ccc5c(c4)C4(c6ccccc6-c6ccc(N(c7ccc8c(c7)C(C(c7ccc(C=C)cc7)c7c(F)c(F)c(F)c(F)c7F)c7ccccc7-8)c7cccc8ccccc78)cc64)c4ccccc4-5)c4cccc5ccccc45)cc32)cc1. The Morgan fingerprint density at radius 2 is 0.681 bits per heavy atom. The van der Waals surface area contributed by atoms with Crippen molar-refractivity contribution in [3.8, 4) is 44.5 Å². The molecule has 0 N–H and O–H groups in total. The van der Waals surface area contributed by atoms with E-state index < -0.39 is 92.0 Å². The van der Waals surface area contributed by atoms with Gasteiger partial charge in [-0.15, -0.1) is 0 Å². The second-order valence-electron chi connectivity index (χ2n) is 29.4. The second-order valence-corrected chi connectivity index (χ2v) is 29.4. The summed E-state index contributed by atoms with van der Waals surface area (Å²) < 4.78 is 164. The summed E-state index contributed by atoms with van der Waals surface area (Å²) in [6, 6.07) is 97.6. The molecule has 12 heteroatoms. The van der Waals surface area contributed by atoms with Gasteiger partial charge in [-0.05, 0) is 189 Å². The number of halogens is 10. The lowest BCUT2D eigenvalue weighted by Crippen LogP contribution is -2.34. The van der Waals surface area contributed by atoms with E-state index in [0.29, 0.717) is 84.1 Å². The molecule has 0 saturated carbocycles. The van der Waals surface area contributed by atoms with Gasteiger partial charge in [0.15, 0.2) is 46.5 Å². The first kappa shape index (κ1) is 68.7. The lowest BCUT2D eigenvalue weighted by atomic mass is 9.68. The Labute approximate surface area is 644 Å². The number of rotatable bonds is 14. The maximum atomic E-state index is 17.5. The number of nitrogens with zero attached hydrogens (tertiary/aromatic N) is 2. The van der Waals surface area contributed by atoms with E-state index in [-0.39, 0.29) is 6.42 Å². The molecule has 0 saturated heterocycles. The minimum absolute atomic E-state index is 0.221. The summed E-state index contributed by atoms with van der Waals surface area (Å²) in [6.07, 6.45) is 3.04. The predicted octanol–water partition coefficient (Wildman–Crippen LogP) is 27.5. The number of benzene rings is 16. The van der Waals surface area contributed by atoms with Gasteiger partial charge in [0, 0.05) is 56.5 Å². The summed E-state index contributed by atoms with van der Waals surface area (Å²) in [4.78, 5) is 4.28. The largest absolute Gasteiger partial charge is 0.310 e. The van der Waals surface area contributed by atoms with Crippen molar-refractivity contribution < 1.29 is 43.9 Å². The number of anilines is 6. The molecule has 113 heavy (non-hydrogen) atoms. The monoisotopic (exact) mass is 1490 g/mol. The number of hydrogen-bond donors (Lipinski definition) is 0. The van der Waals surface area contributed by atoms with Crippen LogP contribution >= 0.6 is 0 Å². The Kier molecular flexibility index (Phi) is 15.8. The quantitative estimate of drug-likeness (QED) is 0.0608. The first-order valence-electron chi connectivity index (χ1n) is 37.1. The molecule has 544 valence electrons. The molecule has 0 heterocycles. The van der Waals surface area contributed by atoms with Crippen LogP contribution in [0.4, 0.5) is 78.0 Å². The normalized spacial score (nSPS) is 15.9. The Morgan fingerprint density at radius 1 is 0.310 bits per heavy atom. The van der Waals surface area contributed by atoms with Gasteiger partial charge in [0.25, 0.3) is 0 Å². The summed E-state index contributed by atoms with van der Waals surface area (Å²) in [6.45, 7) is 7.83. The molecule has 2 nitrogen and oxygen atoms in total. The number of fused-ring (bicyclic) bond motifs is 18. The van der Waals surface area contributed by atoms with E-state index in [1.807, 2.05) is 170 Å². The molecule has 0 fully saturated rings. The van der Waals surface area contributed by atoms with Crippen molar-refractivity contribution in [1.82, 2.24) is 0 Å². The molecule has 4 unspecified atom stereocenters. The standard InChI is InChI=1S/C101H60F10N2/c1-3-56-35-37-58(38-36-56)55-100(89-92(104)96(108)99(111)97(109)93(89)105)78-30-14-11-26-70(78)73-48-44-63(52-81(73)100)113(85-34-18-22-60-20-6-8-24-67(60)85)65-46-50-75-72-28-13-16-32-80(72)101(83(75)54-65)79-31-15-12-27-71(79)74-49-45-64(53-82(74)101)112(84-33-17-21-59-19-5-7-23-66(59)84)62-43-47-69-68-25-9-10-29-76(68)87(77(69)51-62)86(61-41-39-57(4-2)40-42-61)88-90(102)94(106)98(110)95(107)91(88)103/h3-54,86-87H,1-2,55H2. The Morgan fingerprint density at radius 3 is 1.19 bits per heavy atom. The van der Waals surface area contributed by atoms with E-state index >= 15 is 43.9 Å². The van der Waals surface area contributed by atoms with Crippen LogP contribution in [-0.2, 0) is 17.3 Å². The highest BCUT2D eigenvalue weighted by Gasteiger charge is 2.54. The topological polar surface area (TPSA) is 6.48 Å². The molecule has 0 bridgehead atoms. The summed E-state index contributed by atoms with van der Waals surface area (Å²) >= 11 is 0. The third kappa shape index (κ3) is 9.94. The molecule has 4 atom stereocenters. The maximum Gasteiger partial charge on any atom is 0.200 e. The average Bonchev–Trinajstić information content (AvgIpc) is 1.51. The molecule has 4 aliphatic carbocycles. The lowest BCUT2D eigenvalue weighted by molar-refractivity contribution is 0.357. The van der Waals surface area contributed by atoms with Gasteiger partial charge < -0.3 is 9.80 Å². The molecule has 20 rings (SSSR count). The molecule has 0 aromatic heterocycles. The van der Waals surface area contributed by atoms with Crippen LogP contribution in [0, 0.1) is 58.2 Å². The highest BCUT2D eigenvalue weighted by molar-refractivity contribution is 6.04. The molecule has 16 aromatic carbocycles. The average molecular weight is 1490 g/mol. The maximum absolute atomic E-state index is 17.5. The van der Waals surface area contributed by atoms with Crippen LogP contribution in [0.25, 0.3) is 78.2 Å². The van der Waals surface area contributed by atoms with Gasteiger partial charge in [-0.3, -0.25) is 0 Å². The molecule has 1 spiro atoms. The van der Waals surface area contributed by atoms with E-state index in [4.69, 9.17) is 0 Å². The molecule has 0 amide bonds. The summed E-state index contributed by atoms with van der Waals surface area (Å²) in [5.41, 5.74) is 13.3. The molecule has 0 radical (unpaired) electrons. The van der Waals surface area contributed by atoms with Crippen LogP contribution in [0.15, 0.2) is 316 Å². The van der Waals surface area contributed by atoms with Crippen molar-refractivity contribution in [2.75, 3.05) is 9.80 Å². The lowest BCUT2D eigenvalue weighted by Gasteiger charge is -2.35. The van der Waals surface area contributed by atoms with Gasteiger partial charge >= 0.3 is 0 Å². The zero-order chi connectivity index (χ0) is 77.0. The predicted molar refractivity (Wildman–Crippen MR) is 431 cm³/mol. The third-order valence-electron chi connectivity index (χ3n) is 23.9. The fourth-order valence-electron chi connectivity index (χ4n) is 19.1. The van der Waals surface area contributed by atoms with Gasteiger partial charge in [-0.1, -0.05) is 268 Å². The van der Waals surface area contributed by atoms with Crippen LogP contribution in [-0.4, -0.2) is 0 Å². The van der Waals surface area contributed by atoms with Crippen LogP contribution < -0.4 is 9.80 Å². The van der Waals surface area contributed by atoms with Gasteiger partial charge in [-0.25, -0.2) is 43.9 Å².